The predicted molar refractivity (Wildman–Crippen MR) is 139 cm³/mol. The summed E-state index contributed by atoms with van der Waals surface area (Å²) in [4.78, 5) is 58.2. The summed E-state index contributed by atoms with van der Waals surface area (Å²) in [6.07, 6.45) is 0.853. The van der Waals surface area contributed by atoms with E-state index in [1.165, 1.54) is 4.57 Å². The van der Waals surface area contributed by atoms with Crippen LogP contribution in [0.4, 0.5) is 8.78 Å². The van der Waals surface area contributed by atoms with E-state index in [9.17, 15) is 42.6 Å². The fraction of sp³-hybridized carbons (Fsp3) is 0.480. The Morgan fingerprint density at radius 3 is 2.41 bits per heavy atom. The van der Waals surface area contributed by atoms with Gasteiger partial charge >= 0.3 is 7.60 Å². The zero-order valence-electron chi connectivity index (χ0n) is 22.2. The molecule has 0 saturated carbocycles. The molecule has 4 rings (SSSR count). The first-order valence-corrected chi connectivity index (χ1v) is 14.3. The molecule has 1 atom stereocenters. The molecule has 3 heterocycles. The van der Waals surface area contributed by atoms with Crippen molar-refractivity contribution < 1.29 is 42.6 Å². The maximum absolute atomic E-state index is 13.9. The number of fused-ring (bicyclic) bond motifs is 2. The first kappa shape index (κ1) is 32.1. The normalized spacial score (nSPS) is 18.1. The quantitative estimate of drug-likeness (QED) is 0.384. The van der Waals surface area contributed by atoms with Gasteiger partial charge in [0.25, 0.3) is 11.8 Å². The predicted octanol–water partition coefficient (Wildman–Crippen LogP) is 2.56. The summed E-state index contributed by atoms with van der Waals surface area (Å²) >= 11 is 0. The molecule has 0 bridgehead atoms. The fourth-order valence-corrected chi connectivity index (χ4v) is 4.78. The Balaban J connectivity index is 0.00000127. The standard InChI is InChI=1S/C21H22F2N3O8P.2C2H6/c22-13-2-1-12(15(23)7-13)8-24-19(29)14-9-26-16(18(28)17(14)27)20(30)25(4-6-35(31,32)33)10-21(26)3-5-34-11-21;2*1-2/h1-2,7,9,28H,3-6,8,10-11H2,(H,24,29)(H2,31,32,33);2*1-2H3. The van der Waals surface area contributed by atoms with Crippen LogP contribution in [0.15, 0.2) is 29.2 Å². The molecule has 11 nitrogen and oxygen atoms in total. The summed E-state index contributed by atoms with van der Waals surface area (Å²) in [5, 5.41) is 13.0. The molecule has 1 aromatic heterocycles. The number of rotatable bonds is 6. The van der Waals surface area contributed by atoms with Crippen LogP contribution in [-0.2, 0) is 21.4 Å². The monoisotopic (exact) mass is 573 g/mol. The van der Waals surface area contributed by atoms with Gasteiger partial charge in [-0.2, -0.15) is 0 Å². The minimum Gasteiger partial charge on any atom is -0.503 e. The molecule has 14 heteroatoms. The maximum Gasteiger partial charge on any atom is 0.327 e. The largest absolute Gasteiger partial charge is 0.503 e. The molecule has 1 unspecified atom stereocenters. The topological polar surface area (TPSA) is 158 Å². The Labute approximate surface area is 224 Å². The van der Waals surface area contributed by atoms with Crippen molar-refractivity contribution in [2.45, 2.75) is 46.2 Å². The van der Waals surface area contributed by atoms with E-state index in [2.05, 4.69) is 5.32 Å². The number of amides is 2. The van der Waals surface area contributed by atoms with E-state index < -0.39 is 65.2 Å². The highest BCUT2D eigenvalue weighted by atomic mass is 31.2. The van der Waals surface area contributed by atoms with Crippen molar-refractivity contribution in [3.63, 3.8) is 0 Å². The lowest BCUT2D eigenvalue weighted by atomic mass is 9.92. The molecular formula is C25H34F2N3O8P. The smallest absolute Gasteiger partial charge is 0.327 e. The molecule has 1 spiro atoms. The molecule has 2 aliphatic rings. The number of carbonyl (C=O) groups excluding carboxylic acids is 2. The number of carbonyl (C=O) groups is 2. The first-order chi connectivity index (χ1) is 18.4. The highest BCUT2D eigenvalue weighted by Crippen LogP contribution is 2.38. The van der Waals surface area contributed by atoms with Gasteiger partial charge in [-0.05, 0) is 12.5 Å². The minimum atomic E-state index is -4.42. The molecule has 1 saturated heterocycles. The SMILES string of the molecule is CC.CC.O=C(NCc1ccc(F)cc1F)c1cn2c(c(O)c1=O)C(=O)N(CCP(=O)(O)O)CC21CCOC1. The summed E-state index contributed by atoms with van der Waals surface area (Å²) in [5.41, 5.74) is -3.08. The van der Waals surface area contributed by atoms with Gasteiger partial charge in [-0.15, -0.1) is 0 Å². The van der Waals surface area contributed by atoms with Gasteiger partial charge in [0.15, 0.2) is 11.4 Å². The van der Waals surface area contributed by atoms with Crippen molar-refractivity contribution in [1.29, 1.82) is 0 Å². The molecule has 0 aliphatic carbocycles. The number of hydrogen-bond donors (Lipinski definition) is 4. The zero-order chi connectivity index (χ0) is 29.5. The number of hydrogen-bond acceptors (Lipinski definition) is 6. The second-order valence-electron chi connectivity index (χ2n) is 8.50. The van der Waals surface area contributed by atoms with Crippen LogP contribution in [-0.4, -0.2) is 68.6 Å². The lowest BCUT2D eigenvalue weighted by Gasteiger charge is -2.42. The lowest BCUT2D eigenvalue weighted by Crippen LogP contribution is -2.56. The zero-order valence-corrected chi connectivity index (χ0v) is 23.1. The van der Waals surface area contributed by atoms with Crippen LogP contribution in [0, 0.1) is 11.6 Å². The summed E-state index contributed by atoms with van der Waals surface area (Å²) in [6.45, 7) is 7.63. The van der Waals surface area contributed by atoms with Crippen molar-refractivity contribution in [3.8, 4) is 5.75 Å². The van der Waals surface area contributed by atoms with E-state index in [0.717, 1.165) is 23.2 Å². The third-order valence-corrected chi connectivity index (χ3v) is 6.89. The van der Waals surface area contributed by atoms with Crippen molar-refractivity contribution in [3.05, 3.63) is 63.1 Å². The van der Waals surface area contributed by atoms with E-state index in [4.69, 9.17) is 4.74 Å². The third kappa shape index (κ3) is 7.10. The van der Waals surface area contributed by atoms with Crippen molar-refractivity contribution in [2.75, 3.05) is 32.5 Å². The van der Waals surface area contributed by atoms with Crippen LogP contribution < -0.4 is 10.7 Å². The van der Waals surface area contributed by atoms with E-state index in [1.54, 1.807) is 0 Å². The Morgan fingerprint density at radius 2 is 1.85 bits per heavy atom. The van der Waals surface area contributed by atoms with Gasteiger partial charge in [-0.25, -0.2) is 8.78 Å². The highest BCUT2D eigenvalue weighted by molar-refractivity contribution is 7.51. The Kier molecular flexibility index (Phi) is 10.9. The molecule has 0 radical (unpaired) electrons. The Morgan fingerprint density at radius 1 is 1.18 bits per heavy atom. The Hall–Kier alpha value is -3.12. The van der Waals surface area contributed by atoms with Crippen LogP contribution in [0.1, 0.15) is 60.5 Å². The number of halogens is 2. The van der Waals surface area contributed by atoms with Gasteiger partial charge in [0, 0.05) is 44.1 Å². The molecule has 4 N–H and O–H groups in total. The second kappa shape index (κ2) is 13.3. The number of ether oxygens (including phenoxy) is 1. The number of aromatic hydroxyl groups is 1. The Bertz CT molecular complexity index is 1300. The summed E-state index contributed by atoms with van der Waals surface area (Å²) in [6, 6.07) is 2.80. The van der Waals surface area contributed by atoms with E-state index in [1.807, 2.05) is 27.7 Å². The molecule has 39 heavy (non-hydrogen) atoms. The van der Waals surface area contributed by atoms with Gasteiger partial charge in [-0.1, -0.05) is 33.8 Å². The number of benzene rings is 1. The molecule has 2 aliphatic heterocycles. The van der Waals surface area contributed by atoms with Crippen LogP contribution in [0.3, 0.4) is 0 Å². The van der Waals surface area contributed by atoms with Gasteiger partial charge in [0.2, 0.25) is 5.43 Å². The second-order valence-corrected chi connectivity index (χ2v) is 10.3. The van der Waals surface area contributed by atoms with Gasteiger partial charge in [0.1, 0.15) is 17.2 Å². The summed E-state index contributed by atoms with van der Waals surface area (Å²) in [7, 11) is -4.42. The average molecular weight is 574 g/mol. The minimum absolute atomic E-state index is 0.0248. The van der Waals surface area contributed by atoms with Crippen molar-refractivity contribution in [1.82, 2.24) is 14.8 Å². The van der Waals surface area contributed by atoms with Gasteiger partial charge < -0.3 is 34.4 Å². The summed E-state index contributed by atoms with van der Waals surface area (Å²) < 4.78 is 45.1. The molecule has 1 aromatic carbocycles. The maximum atomic E-state index is 13.9. The molecular weight excluding hydrogens is 539 g/mol. The molecule has 216 valence electrons. The first-order valence-electron chi connectivity index (χ1n) is 12.5. The van der Waals surface area contributed by atoms with Crippen molar-refractivity contribution in [2.24, 2.45) is 0 Å². The molecule has 2 aromatic rings. The van der Waals surface area contributed by atoms with Crippen LogP contribution in [0.25, 0.3) is 0 Å². The lowest BCUT2D eigenvalue weighted by molar-refractivity contribution is 0.0510. The van der Waals surface area contributed by atoms with E-state index in [-0.39, 0.29) is 38.4 Å². The highest BCUT2D eigenvalue weighted by Gasteiger charge is 2.47. The molecule has 1 fully saturated rings. The van der Waals surface area contributed by atoms with E-state index >= 15 is 0 Å². The van der Waals surface area contributed by atoms with E-state index in [0.29, 0.717) is 12.5 Å². The average Bonchev–Trinajstić information content (AvgIpc) is 3.37. The van der Waals surface area contributed by atoms with Crippen LogP contribution in [0.5, 0.6) is 5.75 Å². The van der Waals surface area contributed by atoms with Crippen LogP contribution in [0.2, 0.25) is 0 Å². The number of nitrogens with zero attached hydrogens (tertiary/aromatic N) is 2. The third-order valence-electron chi connectivity index (χ3n) is 6.11. The number of aromatic nitrogens is 1. The summed E-state index contributed by atoms with van der Waals surface area (Å²) in [5.74, 6) is -4.46. The molecule has 2 amide bonds. The number of nitrogens with one attached hydrogen (secondary N) is 1. The number of pyridine rings is 1. The van der Waals surface area contributed by atoms with Crippen LogP contribution >= 0.6 is 7.60 Å². The van der Waals surface area contributed by atoms with Gasteiger partial charge in [-0.3, -0.25) is 18.9 Å². The fourth-order valence-electron chi connectivity index (χ4n) is 4.27. The van der Waals surface area contributed by atoms with Crippen molar-refractivity contribution >= 4 is 19.4 Å². The van der Waals surface area contributed by atoms with Gasteiger partial charge in [0.05, 0.1) is 18.3 Å².